The molecule has 2 aromatic heterocycles. The Morgan fingerprint density at radius 2 is 2.00 bits per heavy atom. The molecule has 0 aliphatic carbocycles. The summed E-state index contributed by atoms with van der Waals surface area (Å²) in [5.74, 6) is 0.231. The van der Waals surface area contributed by atoms with Gasteiger partial charge in [-0.3, -0.25) is 4.79 Å². The van der Waals surface area contributed by atoms with Crippen LogP contribution in [0, 0.1) is 13.8 Å². The first-order valence-corrected chi connectivity index (χ1v) is 8.88. The van der Waals surface area contributed by atoms with Gasteiger partial charge in [0.2, 0.25) is 0 Å². The van der Waals surface area contributed by atoms with E-state index in [1.807, 2.05) is 26.0 Å². The van der Waals surface area contributed by atoms with E-state index in [-0.39, 0.29) is 12.5 Å². The lowest BCUT2D eigenvalue weighted by atomic mass is 10.0. The quantitative estimate of drug-likeness (QED) is 0.636. The fraction of sp³-hybridized carbons (Fsp3) is 0.222. The standard InChI is InChI=1S/C18H19N5O2S/c1-10-3-4-12(17-20-6-13(19)7-21-17)5-14(10)18(25)22-8-15(24)16-11(2)23-9-26-16/h3-7,9,15,24H,8,19H2,1-2H3,(H,22,25)/t15-/m1/s1. The number of aromatic nitrogens is 3. The number of aliphatic hydroxyl groups excluding tert-OH is 1. The first-order valence-electron chi connectivity index (χ1n) is 8.00. The van der Waals surface area contributed by atoms with Crippen LogP contribution in [0.5, 0.6) is 0 Å². The largest absolute Gasteiger partial charge is 0.396 e. The number of carbonyl (C=O) groups is 1. The van der Waals surface area contributed by atoms with Crippen LogP contribution >= 0.6 is 11.3 Å². The predicted molar refractivity (Wildman–Crippen MR) is 101 cm³/mol. The summed E-state index contributed by atoms with van der Waals surface area (Å²) in [5.41, 5.74) is 10.6. The lowest BCUT2D eigenvalue weighted by molar-refractivity contribution is 0.0917. The van der Waals surface area contributed by atoms with E-state index in [1.54, 1.807) is 11.6 Å². The molecule has 26 heavy (non-hydrogen) atoms. The molecule has 0 aliphatic heterocycles. The van der Waals surface area contributed by atoms with Gasteiger partial charge in [-0.25, -0.2) is 15.0 Å². The van der Waals surface area contributed by atoms with Gasteiger partial charge >= 0.3 is 0 Å². The molecule has 0 radical (unpaired) electrons. The zero-order valence-electron chi connectivity index (χ0n) is 14.4. The molecule has 134 valence electrons. The Labute approximate surface area is 155 Å². The molecule has 1 amide bonds. The highest BCUT2D eigenvalue weighted by Gasteiger charge is 2.16. The maximum atomic E-state index is 12.6. The molecule has 1 atom stereocenters. The van der Waals surface area contributed by atoms with E-state index in [9.17, 15) is 9.90 Å². The zero-order chi connectivity index (χ0) is 18.7. The highest BCUT2D eigenvalue weighted by molar-refractivity contribution is 7.09. The lowest BCUT2D eigenvalue weighted by Crippen LogP contribution is -2.29. The molecule has 2 heterocycles. The van der Waals surface area contributed by atoms with Gasteiger partial charge in [0, 0.05) is 17.7 Å². The van der Waals surface area contributed by atoms with Crippen molar-refractivity contribution in [1.82, 2.24) is 20.3 Å². The summed E-state index contributed by atoms with van der Waals surface area (Å²) in [6, 6.07) is 5.43. The van der Waals surface area contributed by atoms with Crippen molar-refractivity contribution in [3.8, 4) is 11.4 Å². The highest BCUT2D eigenvalue weighted by Crippen LogP contribution is 2.22. The van der Waals surface area contributed by atoms with Crippen LogP contribution in [-0.4, -0.2) is 32.5 Å². The van der Waals surface area contributed by atoms with E-state index in [0.717, 1.165) is 21.7 Å². The number of hydrogen-bond acceptors (Lipinski definition) is 7. The third-order valence-electron chi connectivity index (χ3n) is 3.95. The molecule has 8 heteroatoms. The number of carbonyl (C=O) groups excluding carboxylic acids is 1. The molecule has 0 unspecified atom stereocenters. The second-order valence-electron chi connectivity index (χ2n) is 5.90. The SMILES string of the molecule is Cc1ccc(-c2ncc(N)cn2)cc1C(=O)NC[C@@H](O)c1scnc1C. The van der Waals surface area contributed by atoms with E-state index < -0.39 is 6.10 Å². The van der Waals surface area contributed by atoms with E-state index >= 15 is 0 Å². The average molecular weight is 369 g/mol. The van der Waals surface area contributed by atoms with Gasteiger partial charge in [0.25, 0.3) is 5.91 Å². The first-order chi connectivity index (χ1) is 12.5. The van der Waals surface area contributed by atoms with Crippen molar-refractivity contribution in [2.75, 3.05) is 12.3 Å². The van der Waals surface area contributed by atoms with Gasteiger partial charge < -0.3 is 16.2 Å². The number of benzene rings is 1. The number of nitrogens with one attached hydrogen (secondary N) is 1. The number of thiazole rings is 1. The number of nitrogens with two attached hydrogens (primary N) is 1. The molecule has 0 saturated heterocycles. The molecule has 0 bridgehead atoms. The van der Waals surface area contributed by atoms with E-state index in [0.29, 0.717) is 17.1 Å². The minimum absolute atomic E-state index is 0.115. The molecule has 0 fully saturated rings. The molecule has 3 rings (SSSR count). The molecule has 0 saturated carbocycles. The van der Waals surface area contributed by atoms with Gasteiger partial charge in [-0.2, -0.15) is 0 Å². The van der Waals surface area contributed by atoms with Crippen LogP contribution in [0.2, 0.25) is 0 Å². The van der Waals surface area contributed by atoms with Gasteiger partial charge in [0.05, 0.1) is 34.2 Å². The van der Waals surface area contributed by atoms with Crippen LogP contribution in [0.25, 0.3) is 11.4 Å². The Balaban J connectivity index is 1.75. The number of aliphatic hydroxyl groups is 1. The number of anilines is 1. The van der Waals surface area contributed by atoms with Crippen molar-refractivity contribution < 1.29 is 9.90 Å². The summed E-state index contributed by atoms with van der Waals surface area (Å²) in [7, 11) is 0. The topological polar surface area (TPSA) is 114 Å². The average Bonchev–Trinajstić information content (AvgIpc) is 3.06. The first kappa shape index (κ1) is 18.0. The maximum Gasteiger partial charge on any atom is 0.251 e. The molecular formula is C18H19N5O2S. The normalized spacial score (nSPS) is 12.0. The molecule has 3 aromatic rings. The van der Waals surface area contributed by atoms with Crippen LogP contribution in [0.4, 0.5) is 5.69 Å². The summed E-state index contributed by atoms with van der Waals surface area (Å²) < 4.78 is 0. The maximum absolute atomic E-state index is 12.6. The predicted octanol–water partition coefficient (Wildman–Crippen LogP) is 2.26. The van der Waals surface area contributed by atoms with Gasteiger partial charge in [0.15, 0.2) is 5.82 Å². The fourth-order valence-corrected chi connectivity index (χ4v) is 3.29. The highest BCUT2D eigenvalue weighted by atomic mass is 32.1. The van der Waals surface area contributed by atoms with Crippen LogP contribution in [0.3, 0.4) is 0 Å². The van der Waals surface area contributed by atoms with Crippen molar-refractivity contribution in [1.29, 1.82) is 0 Å². The minimum atomic E-state index is -0.782. The van der Waals surface area contributed by atoms with Crippen molar-refractivity contribution in [3.63, 3.8) is 0 Å². The van der Waals surface area contributed by atoms with E-state index in [2.05, 4.69) is 20.3 Å². The molecule has 0 spiro atoms. The molecule has 7 nitrogen and oxygen atoms in total. The van der Waals surface area contributed by atoms with Crippen molar-refractivity contribution >= 4 is 22.9 Å². The number of nitrogen functional groups attached to an aromatic ring is 1. The second kappa shape index (κ2) is 7.59. The monoisotopic (exact) mass is 369 g/mol. The fourth-order valence-electron chi connectivity index (χ4n) is 2.50. The summed E-state index contributed by atoms with van der Waals surface area (Å²) in [4.78, 5) is 25.8. The zero-order valence-corrected chi connectivity index (χ0v) is 15.2. The Hall–Kier alpha value is -2.84. The van der Waals surface area contributed by atoms with Crippen LogP contribution < -0.4 is 11.1 Å². The van der Waals surface area contributed by atoms with Crippen LogP contribution in [0.1, 0.15) is 32.6 Å². The Morgan fingerprint density at radius 1 is 1.27 bits per heavy atom. The van der Waals surface area contributed by atoms with E-state index in [4.69, 9.17) is 5.73 Å². The molecule has 0 aliphatic rings. The minimum Gasteiger partial charge on any atom is -0.396 e. The van der Waals surface area contributed by atoms with Crippen molar-refractivity contribution in [3.05, 3.63) is 57.8 Å². The van der Waals surface area contributed by atoms with Gasteiger partial charge in [-0.05, 0) is 25.5 Å². The number of aryl methyl sites for hydroxylation is 2. The number of rotatable bonds is 5. The number of amides is 1. The summed E-state index contributed by atoms with van der Waals surface area (Å²) in [6.07, 6.45) is 2.26. The number of nitrogens with zero attached hydrogens (tertiary/aromatic N) is 3. The molecule has 4 N–H and O–H groups in total. The third-order valence-corrected chi connectivity index (χ3v) is 4.99. The summed E-state index contributed by atoms with van der Waals surface area (Å²) >= 11 is 1.37. The van der Waals surface area contributed by atoms with Crippen LogP contribution in [0.15, 0.2) is 36.1 Å². The molecule has 1 aromatic carbocycles. The van der Waals surface area contributed by atoms with Gasteiger partial charge in [-0.1, -0.05) is 12.1 Å². The Morgan fingerprint density at radius 3 is 2.65 bits per heavy atom. The van der Waals surface area contributed by atoms with Gasteiger partial charge in [0.1, 0.15) is 6.10 Å². The van der Waals surface area contributed by atoms with Gasteiger partial charge in [-0.15, -0.1) is 11.3 Å². The third kappa shape index (κ3) is 3.87. The smallest absolute Gasteiger partial charge is 0.251 e. The Bertz CT molecular complexity index is 924. The van der Waals surface area contributed by atoms with Crippen molar-refractivity contribution in [2.24, 2.45) is 0 Å². The van der Waals surface area contributed by atoms with E-state index in [1.165, 1.54) is 23.7 Å². The lowest BCUT2D eigenvalue weighted by Gasteiger charge is -2.13. The Kier molecular flexibility index (Phi) is 5.24. The summed E-state index contributed by atoms with van der Waals surface area (Å²) in [5, 5.41) is 13.0. The second-order valence-corrected chi connectivity index (χ2v) is 6.78. The molecular weight excluding hydrogens is 350 g/mol. The van der Waals surface area contributed by atoms with Crippen LogP contribution in [-0.2, 0) is 0 Å². The number of hydrogen-bond donors (Lipinski definition) is 3. The van der Waals surface area contributed by atoms with Crippen molar-refractivity contribution in [2.45, 2.75) is 20.0 Å². The summed E-state index contributed by atoms with van der Waals surface area (Å²) in [6.45, 7) is 3.80.